The second-order valence-electron chi connectivity index (χ2n) is 4.10. The third-order valence-corrected chi connectivity index (χ3v) is 1.72. The Balaban J connectivity index is 2.97. The van der Waals surface area contributed by atoms with Crippen LogP contribution in [0.2, 0.25) is 0 Å². The quantitative estimate of drug-likeness (QED) is 0.618. The number of aryl methyl sites for hydroxylation is 1. The molecule has 13 heavy (non-hydrogen) atoms. The molecule has 0 N–H and O–H groups in total. The van der Waals surface area contributed by atoms with Gasteiger partial charge in [0, 0.05) is 17.8 Å². The van der Waals surface area contributed by atoms with Crippen molar-refractivity contribution in [2.45, 2.75) is 27.7 Å². The van der Waals surface area contributed by atoms with Crippen LogP contribution < -0.4 is 0 Å². The summed E-state index contributed by atoms with van der Waals surface area (Å²) in [5.41, 5.74) is 0.219. The Morgan fingerprint density at radius 1 is 1.23 bits per heavy atom. The molecule has 0 aromatic carbocycles. The topological polar surface area (TPSA) is 42.9 Å². The van der Waals surface area contributed by atoms with Crippen LogP contribution in [0.3, 0.4) is 0 Å². The van der Waals surface area contributed by atoms with Gasteiger partial charge in [-0.3, -0.25) is 4.79 Å². The minimum Gasteiger partial charge on any atom is -0.293 e. The van der Waals surface area contributed by atoms with Gasteiger partial charge in [0.25, 0.3) is 0 Å². The largest absolute Gasteiger partial charge is 0.293 e. The maximum atomic E-state index is 11.7. The maximum absolute atomic E-state index is 11.7. The molecule has 0 radical (unpaired) electrons. The highest BCUT2D eigenvalue weighted by atomic mass is 16.1. The van der Waals surface area contributed by atoms with Crippen molar-refractivity contribution in [3.05, 3.63) is 23.8 Å². The molecule has 0 bridgehead atoms. The van der Waals surface area contributed by atoms with Gasteiger partial charge in [-0.1, -0.05) is 20.8 Å². The number of ketones is 1. The summed E-state index contributed by atoms with van der Waals surface area (Å²) in [5, 5.41) is 0. The highest BCUT2D eigenvalue weighted by molar-refractivity contribution is 5.99. The zero-order valence-electron chi connectivity index (χ0n) is 8.46. The second-order valence-corrected chi connectivity index (χ2v) is 4.10. The van der Waals surface area contributed by atoms with Crippen LogP contribution in [0.25, 0.3) is 0 Å². The monoisotopic (exact) mass is 178 g/mol. The summed E-state index contributed by atoms with van der Waals surface area (Å²) in [6.45, 7) is 7.45. The van der Waals surface area contributed by atoms with E-state index in [4.69, 9.17) is 0 Å². The molecule has 3 heteroatoms. The minimum absolute atomic E-state index is 0.0764. The lowest BCUT2D eigenvalue weighted by molar-refractivity contribution is 0.0857. The SMILES string of the molecule is Cc1ncc(C(=O)C(C)(C)C)cn1. The summed E-state index contributed by atoms with van der Waals surface area (Å²) in [4.78, 5) is 19.7. The van der Waals surface area contributed by atoms with E-state index in [-0.39, 0.29) is 11.2 Å². The number of carbonyl (C=O) groups excluding carboxylic acids is 1. The Morgan fingerprint density at radius 2 is 1.69 bits per heavy atom. The van der Waals surface area contributed by atoms with Gasteiger partial charge < -0.3 is 0 Å². The molecule has 0 amide bonds. The summed E-state index contributed by atoms with van der Waals surface area (Å²) >= 11 is 0. The van der Waals surface area contributed by atoms with E-state index in [2.05, 4.69) is 9.97 Å². The van der Waals surface area contributed by atoms with Gasteiger partial charge >= 0.3 is 0 Å². The van der Waals surface area contributed by atoms with Crippen LogP contribution >= 0.6 is 0 Å². The molecule has 0 aliphatic carbocycles. The Kier molecular flexibility index (Phi) is 2.45. The minimum atomic E-state index is -0.362. The molecule has 0 saturated carbocycles. The highest BCUT2D eigenvalue weighted by Gasteiger charge is 2.23. The summed E-state index contributed by atoms with van der Waals surface area (Å²) in [5.74, 6) is 0.762. The number of rotatable bonds is 1. The average Bonchev–Trinajstić information content (AvgIpc) is 2.03. The van der Waals surface area contributed by atoms with E-state index in [0.29, 0.717) is 11.4 Å². The number of carbonyl (C=O) groups is 1. The van der Waals surface area contributed by atoms with Crippen molar-refractivity contribution >= 4 is 5.78 Å². The molecule has 70 valence electrons. The molecule has 0 aliphatic heterocycles. The lowest BCUT2D eigenvalue weighted by Crippen LogP contribution is -2.20. The van der Waals surface area contributed by atoms with Gasteiger partial charge in [0.1, 0.15) is 5.82 Å². The number of hydrogen-bond acceptors (Lipinski definition) is 3. The molecule has 1 aromatic heterocycles. The standard InChI is InChI=1S/C10H14N2O/c1-7-11-5-8(6-12-7)9(13)10(2,3)4/h5-6H,1-4H3. The Hall–Kier alpha value is -1.25. The fourth-order valence-corrected chi connectivity index (χ4v) is 0.943. The van der Waals surface area contributed by atoms with Crippen molar-refractivity contribution in [1.82, 2.24) is 9.97 Å². The first-order chi connectivity index (χ1) is 5.91. The normalized spacial score (nSPS) is 11.4. The summed E-state index contributed by atoms with van der Waals surface area (Å²) < 4.78 is 0. The zero-order valence-corrected chi connectivity index (χ0v) is 8.46. The smallest absolute Gasteiger partial charge is 0.171 e. The second kappa shape index (κ2) is 3.24. The van der Waals surface area contributed by atoms with Gasteiger partial charge in [0.15, 0.2) is 5.78 Å². The zero-order chi connectivity index (χ0) is 10.1. The van der Waals surface area contributed by atoms with E-state index in [1.807, 2.05) is 20.8 Å². The van der Waals surface area contributed by atoms with Crippen LogP contribution in [0.4, 0.5) is 0 Å². The average molecular weight is 178 g/mol. The molecule has 1 aromatic rings. The van der Waals surface area contributed by atoms with E-state index in [0.717, 1.165) is 0 Å². The predicted molar refractivity (Wildman–Crippen MR) is 50.6 cm³/mol. The van der Waals surface area contributed by atoms with Crippen LogP contribution in [0.1, 0.15) is 37.0 Å². The van der Waals surface area contributed by atoms with Crippen molar-refractivity contribution in [1.29, 1.82) is 0 Å². The van der Waals surface area contributed by atoms with Gasteiger partial charge in [-0.25, -0.2) is 9.97 Å². The van der Waals surface area contributed by atoms with E-state index in [9.17, 15) is 4.79 Å². The van der Waals surface area contributed by atoms with Crippen LogP contribution in [0.15, 0.2) is 12.4 Å². The third kappa shape index (κ3) is 2.34. The summed E-state index contributed by atoms with van der Waals surface area (Å²) in [6.07, 6.45) is 3.16. The van der Waals surface area contributed by atoms with Gasteiger partial charge in [-0.05, 0) is 6.92 Å². The van der Waals surface area contributed by atoms with Gasteiger partial charge in [-0.2, -0.15) is 0 Å². The number of Topliss-reactive ketones (excluding diaryl/α,β-unsaturated/α-hetero) is 1. The molecule has 1 heterocycles. The van der Waals surface area contributed by atoms with E-state index in [1.54, 1.807) is 19.3 Å². The third-order valence-electron chi connectivity index (χ3n) is 1.72. The van der Waals surface area contributed by atoms with Crippen LogP contribution in [-0.4, -0.2) is 15.8 Å². The molecular formula is C10H14N2O. The molecule has 3 nitrogen and oxygen atoms in total. The predicted octanol–water partition coefficient (Wildman–Crippen LogP) is 2.01. The molecule has 0 spiro atoms. The van der Waals surface area contributed by atoms with Crippen molar-refractivity contribution in [3.8, 4) is 0 Å². The van der Waals surface area contributed by atoms with Crippen molar-refractivity contribution in [2.24, 2.45) is 5.41 Å². The Morgan fingerprint density at radius 3 is 2.08 bits per heavy atom. The van der Waals surface area contributed by atoms with E-state index < -0.39 is 0 Å². The molecule has 0 aliphatic rings. The molecule has 0 unspecified atom stereocenters. The summed E-state index contributed by atoms with van der Waals surface area (Å²) in [7, 11) is 0. The lowest BCUT2D eigenvalue weighted by atomic mass is 9.88. The van der Waals surface area contributed by atoms with Crippen LogP contribution in [0.5, 0.6) is 0 Å². The van der Waals surface area contributed by atoms with Crippen molar-refractivity contribution < 1.29 is 4.79 Å². The van der Waals surface area contributed by atoms with E-state index in [1.165, 1.54) is 0 Å². The first kappa shape index (κ1) is 9.84. The van der Waals surface area contributed by atoms with Crippen LogP contribution in [0, 0.1) is 12.3 Å². The lowest BCUT2D eigenvalue weighted by Gasteiger charge is -2.15. The Bertz CT molecular complexity index is 309. The highest BCUT2D eigenvalue weighted by Crippen LogP contribution is 2.19. The fourth-order valence-electron chi connectivity index (χ4n) is 0.943. The number of aromatic nitrogens is 2. The first-order valence-corrected chi connectivity index (χ1v) is 4.25. The number of nitrogens with zero attached hydrogens (tertiary/aromatic N) is 2. The van der Waals surface area contributed by atoms with E-state index >= 15 is 0 Å². The van der Waals surface area contributed by atoms with Gasteiger partial charge in [0.2, 0.25) is 0 Å². The molecule has 0 atom stereocenters. The fraction of sp³-hybridized carbons (Fsp3) is 0.500. The molecular weight excluding hydrogens is 164 g/mol. The van der Waals surface area contributed by atoms with Crippen molar-refractivity contribution in [3.63, 3.8) is 0 Å². The summed E-state index contributed by atoms with van der Waals surface area (Å²) in [6, 6.07) is 0. The molecule has 0 saturated heterocycles. The maximum Gasteiger partial charge on any atom is 0.171 e. The van der Waals surface area contributed by atoms with Gasteiger partial charge in [-0.15, -0.1) is 0 Å². The molecule has 0 fully saturated rings. The Labute approximate surface area is 78.2 Å². The van der Waals surface area contributed by atoms with Crippen molar-refractivity contribution in [2.75, 3.05) is 0 Å². The van der Waals surface area contributed by atoms with Crippen LogP contribution in [-0.2, 0) is 0 Å². The molecule has 1 rings (SSSR count). The first-order valence-electron chi connectivity index (χ1n) is 4.25. The number of hydrogen-bond donors (Lipinski definition) is 0. The van der Waals surface area contributed by atoms with Gasteiger partial charge in [0.05, 0.1) is 5.56 Å².